The van der Waals surface area contributed by atoms with Gasteiger partial charge in [-0.1, -0.05) is 152 Å². The molecule has 0 unspecified atom stereocenters. The van der Waals surface area contributed by atoms with Gasteiger partial charge in [-0.3, -0.25) is 0 Å². The molecule has 11 rings (SSSR count). The predicted molar refractivity (Wildman–Crippen MR) is 219 cm³/mol. The molecule has 53 heavy (non-hydrogen) atoms. The van der Waals surface area contributed by atoms with Gasteiger partial charge in [-0.05, 0) is 78.5 Å². The lowest BCUT2D eigenvalue weighted by atomic mass is 9.93. The van der Waals surface area contributed by atoms with Crippen LogP contribution in [0.15, 0.2) is 180 Å². The summed E-state index contributed by atoms with van der Waals surface area (Å²) in [5.41, 5.74) is 6.89. The zero-order chi connectivity index (χ0) is 34.9. The van der Waals surface area contributed by atoms with Gasteiger partial charge in [0.05, 0.1) is 0 Å². The number of hydrogen-bond acceptors (Lipinski definition) is 4. The van der Waals surface area contributed by atoms with Gasteiger partial charge in [-0.25, -0.2) is 15.0 Å². The molecular weight excluding hydrogens is 647 g/mol. The molecule has 0 spiro atoms. The van der Waals surface area contributed by atoms with Crippen LogP contribution in [0.3, 0.4) is 0 Å². The minimum Gasteiger partial charge on any atom is -0.456 e. The fourth-order valence-corrected chi connectivity index (χ4v) is 7.93. The Morgan fingerprint density at radius 2 is 0.868 bits per heavy atom. The molecule has 2 heterocycles. The van der Waals surface area contributed by atoms with Crippen LogP contribution < -0.4 is 0 Å². The number of hydrogen-bond donors (Lipinski definition) is 0. The second kappa shape index (κ2) is 11.7. The third-order valence-corrected chi connectivity index (χ3v) is 10.5. The maximum Gasteiger partial charge on any atom is 0.165 e. The molecule has 0 aliphatic carbocycles. The summed E-state index contributed by atoms with van der Waals surface area (Å²) in [4.78, 5) is 15.5. The predicted octanol–water partition coefficient (Wildman–Crippen LogP) is 13.1. The summed E-state index contributed by atoms with van der Waals surface area (Å²) in [5, 5.41) is 11.6. The zero-order valence-corrected chi connectivity index (χ0v) is 28.5. The van der Waals surface area contributed by atoms with Gasteiger partial charge in [-0.2, -0.15) is 0 Å². The summed E-state index contributed by atoms with van der Waals surface area (Å²) in [6.45, 7) is 0. The normalized spacial score (nSPS) is 11.8. The van der Waals surface area contributed by atoms with Gasteiger partial charge in [0, 0.05) is 27.5 Å². The van der Waals surface area contributed by atoms with Crippen molar-refractivity contribution >= 4 is 65.0 Å². The standard InChI is InChI=1S/C49H29N3O/c1-2-12-33(13-3-1)47-50-48(52-49(51-47)46-39-17-9-6-14-36(39)29-41-37-15-7-4-10-31(37)22-25-40(41)46)34-20-18-30(19-21-34)35-24-26-43-42(28-35)45-38-16-8-5-11-32(38)23-27-44(45)53-43/h1-29H. The molecule has 0 amide bonds. The lowest BCUT2D eigenvalue weighted by Crippen LogP contribution is -2.01. The van der Waals surface area contributed by atoms with Crippen molar-refractivity contribution in [1.29, 1.82) is 0 Å². The second-order valence-electron chi connectivity index (χ2n) is 13.6. The molecule has 0 radical (unpaired) electrons. The number of nitrogens with zero attached hydrogens (tertiary/aromatic N) is 3. The van der Waals surface area contributed by atoms with E-state index in [-0.39, 0.29) is 0 Å². The van der Waals surface area contributed by atoms with Crippen molar-refractivity contribution in [2.45, 2.75) is 0 Å². The molecule has 246 valence electrons. The molecule has 4 heteroatoms. The third-order valence-electron chi connectivity index (χ3n) is 10.5. The molecule has 0 bridgehead atoms. The maximum absolute atomic E-state index is 6.28. The lowest BCUT2D eigenvalue weighted by molar-refractivity contribution is 0.669. The van der Waals surface area contributed by atoms with Crippen molar-refractivity contribution in [3.63, 3.8) is 0 Å². The SMILES string of the molecule is c1ccc(-c2nc(-c3ccc(-c4ccc5oc6ccc7ccccc7c6c5c4)cc3)nc(-c3c4ccccc4cc4c3ccc3ccccc34)n2)cc1. The van der Waals surface area contributed by atoms with Crippen molar-refractivity contribution in [2.24, 2.45) is 0 Å². The van der Waals surface area contributed by atoms with Crippen LogP contribution in [0.1, 0.15) is 0 Å². The van der Waals surface area contributed by atoms with Gasteiger partial charge in [0.15, 0.2) is 17.5 Å². The van der Waals surface area contributed by atoms with Crippen molar-refractivity contribution in [2.75, 3.05) is 0 Å². The monoisotopic (exact) mass is 675 g/mol. The van der Waals surface area contributed by atoms with Crippen LogP contribution in [-0.2, 0) is 0 Å². The van der Waals surface area contributed by atoms with Crippen LogP contribution >= 0.6 is 0 Å². The Bertz CT molecular complexity index is 3220. The Morgan fingerprint density at radius 1 is 0.302 bits per heavy atom. The maximum atomic E-state index is 6.28. The largest absolute Gasteiger partial charge is 0.456 e. The van der Waals surface area contributed by atoms with Gasteiger partial charge in [0.25, 0.3) is 0 Å². The fourth-order valence-electron chi connectivity index (χ4n) is 7.93. The topological polar surface area (TPSA) is 51.8 Å². The van der Waals surface area contributed by atoms with E-state index in [9.17, 15) is 0 Å². The van der Waals surface area contributed by atoms with E-state index >= 15 is 0 Å². The van der Waals surface area contributed by atoms with Crippen LogP contribution in [-0.4, -0.2) is 15.0 Å². The fraction of sp³-hybridized carbons (Fsp3) is 0. The molecule has 11 aromatic rings. The molecule has 0 aliphatic heterocycles. The van der Waals surface area contributed by atoms with E-state index < -0.39 is 0 Å². The molecule has 4 nitrogen and oxygen atoms in total. The average Bonchev–Trinajstić information content (AvgIpc) is 3.61. The molecule has 0 fully saturated rings. The summed E-state index contributed by atoms with van der Waals surface area (Å²) < 4.78 is 6.28. The Labute approximate surface area is 304 Å². The highest BCUT2D eigenvalue weighted by Crippen LogP contribution is 2.40. The van der Waals surface area contributed by atoms with E-state index in [1.54, 1.807) is 0 Å². The van der Waals surface area contributed by atoms with Crippen molar-refractivity contribution in [3.05, 3.63) is 176 Å². The van der Waals surface area contributed by atoms with E-state index in [2.05, 4.69) is 158 Å². The molecule has 0 aliphatic rings. The van der Waals surface area contributed by atoms with Gasteiger partial charge < -0.3 is 4.42 Å². The Hall–Kier alpha value is -7.17. The third kappa shape index (κ3) is 4.80. The van der Waals surface area contributed by atoms with Crippen LogP contribution in [0.4, 0.5) is 0 Å². The quantitative estimate of drug-likeness (QED) is 0.138. The first-order chi connectivity index (χ1) is 26.2. The highest BCUT2D eigenvalue weighted by molar-refractivity contribution is 6.20. The van der Waals surface area contributed by atoms with Crippen molar-refractivity contribution in [1.82, 2.24) is 15.0 Å². The van der Waals surface area contributed by atoms with Gasteiger partial charge in [0.1, 0.15) is 11.2 Å². The van der Waals surface area contributed by atoms with E-state index in [0.29, 0.717) is 17.5 Å². The van der Waals surface area contributed by atoms with Gasteiger partial charge in [0.2, 0.25) is 0 Å². The van der Waals surface area contributed by atoms with E-state index in [0.717, 1.165) is 65.9 Å². The summed E-state index contributed by atoms with van der Waals surface area (Å²) in [7, 11) is 0. The minimum atomic E-state index is 0.630. The number of aromatic nitrogens is 3. The highest BCUT2D eigenvalue weighted by Gasteiger charge is 2.19. The molecule has 0 saturated heterocycles. The number of benzene rings is 9. The minimum absolute atomic E-state index is 0.630. The van der Waals surface area contributed by atoms with E-state index in [1.165, 1.54) is 26.9 Å². The molecule has 0 saturated carbocycles. The second-order valence-corrected chi connectivity index (χ2v) is 13.6. The molecule has 0 atom stereocenters. The number of furan rings is 1. The van der Waals surface area contributed by atoms with Crippen molar-refractivity contribution in [3.8, 4) is 45.3 Å². The summed E-state index contributed by atoms with van der Waals surface area (Å²) in [5.74, 6) is 1.92. The van der Waals surface area contributed by atoms with E-state index in [1.807, 2.05) is 18.2 Å². The van der Waals surface area contributed by atoms with Crippen molar-refractivity contribution < 1.29 is 4.42 Å². The van der Waals surface area contributed by atoms with Crippen LogP contribution in [0, 0.1) is 0 Å². The van der Waals surface area contributed by atoms with Gasteiger partial charge >= 0.3 is 0 Å². The first kappa shape index (κ1) is 29.5. The van der Waals surface area contributed by atoms with Crippen LogP contribution in [0.2, 0.25) is 0 Å². The highest BCUT2D eigenvalue weighted by atomic mass is 16.3. The summed E-state index contributed by atoms with van der Waals surface area (Å²) >= 11 is 0. The molecule has 9 aromatic carbocycles. The molecular formula is C49H29N3O. The Balaban J connectivity index is 1.08. The summed E-state index contributed by atoms with van der Waals surface area (Å²) in [6, 6.07) is 61.6. The average molecular weight is 676 g/mol. The zero-order valence-electron chi connectivity index (χ0n) is 28.5. The first-order valence-electron chi connectivity index (χ1n) is 17.9. The molecule has 2 aromatic heterocycles. The summed E-state index contributed by atoms with van der Waals surface area (Å²) in [6.07, 6.45) is 0. The van der Waals surface area contributed by atoms with Crippen LogP contribution in [0.5, 0.6) is 0 Å². The van der Waals surface area contributed by atoms with Gasteiger partial charge in [-0.15, -0.1) is 0 Å². The Kier molecular flexibility index (Phi) is 6.52. The smallest absolute Gasteiger partial charge is 0.165 e. The number of rotatable bonds is 4. The number of fused-ring (bicyclic) bond motifs is 9. The van der Waals surface area contributed by atoms with Crippen LogP contribution in [0.25, 0.3) is 110 Å². The Morgan fingerprint density at radius 3 is 1.66 bits per heavy atom. The molecule has 0 N–H and O–H groups in total. The first-order valence-corrected chi connectivity index (χ1v) is 17.9. The lowest BCUT2D eigenvalue weighted by Gasteiger charge is -2.14. The van der Waals surface area contributed by atoms with E-state index in [4.69, 9.17) is 19.4 Å².